The fraction of sp³-hybridized carbons (Fsp3) is 0.647. The molecule has 3 nitrogen and oxygen atoms in total. The Morgan fingerprint density at radius 3 is 2.76 bits per heavy atom. The van der Waals surface area contributed by atoms with E-state index in [1.54, 1.807) is 0 Å². The lowest BCUT2D eigenvalue weighted by Gasteiger charge is -2.19. The Labute approximate surface area is 133 Å². The highest BCUT2D eigenvalue weighted by molar-refractivity contribution is 6.30. The predicted octanol–water partition coefficient (Wildman–Crippen LogP) is 3.82. The first-order valence-electron chi connectivity index (χ1n) is 7.83. The molecule has 0 aromatic heterocycles. The molecule has 2 rings (SSSR count). The highest BCUT2D eigenvalue weighted by Gasteiger charge is 2.22. The van der Waals surface area contributed by atoms with Gasteiger partial charge in [0.05, 0.1) is 19.3 Å². The van der Waals surface area contributed by atoms with Crippen molar-refractivity contribution < 1.29 is 9.47 Å². The minimum atomic E-state index is 0.0342. The van der Waals surface area contributed by atoms with Crippen molar-refractivity contribution in [2.75, 3.05) is 26.4 Å². The molecule has 0 bridgehead atoms. The number of hydrogen-bond acceptors (Lipinski definition) is 3. The van der Waals surface area contributed by atoms with Crippen LogP contribution in [-0.4, -0.2) is 32.4 Å². The number of halogens is 1. The summed E-state index contributed by atoms with van der Waals surface area (Å²) in [6, 6.07) is 8.59. The SMILES string of the molecule is CC(C)COCCOC(CNC1CC1)c1cccc(Cl)c1. The minimum absolute atomic E-state index is 0.0342. The van der Waals surface area contributed by atoms with Crippen molar-refractivity contribution in [2.45, 2.75) is 38.8 Å². The molecule has 1 aromatic rings. The van der Waals surface area contributed by atoms with Crippen LogP contribution < -0.4 is 5.32 Å². The van der Waals surface area contributed by atoms with Gasteiger partial charge in [-0.25, -0.2) is 0 Å². The van der Waals surface area contributed by atoms with Crippen LogP contribution in [0.5, 0.6) is 0 Å². The van der Waals surface area contributed by atoms with Gasteiger partial charge in [-0.1, -0.05) is 37.6 Å². The lowest BCUT2D eigenvalue weighted by Crippen LogP contribution is -2.26. The summed E-state index contributed by atoms with van der Waals surface area (Å²) in [7, 11) is 0. The van der Waals surface area contributed by atoms with Gasteiger partial charge in [0.15, 0.2) is 0 Å². The van der Waals surface area contributed by atoms with Crippen LogP contribution >= 0.6 is 11.6 Å². The molecule has 1 aromatic carbocycles. The maximum atomic E-state index is 6.08. The molecule has 1 aliphatic rings. The van der Waals surface area contributed by atoms with Crippen LogP contribution in [0.1, 0.15) is 38.4 Å². The zero-order valence-corrected chi connectivity index (χ0v) is 13.7. The summed E-state index contributed by atoms with van der Waals surface area (Å²) in [6.07, 6.45) is 2.59. The van der Waals surface area contributed by atoms with Crippen LogP contribution in [0.2, 0.25) is 5.02 Å². The van der Waals surface area contributed by atoms with Crippen LogP contribution in [0.3, 0.4) is 0 Å². The van der Waals surface area contributed by atoms with Gasteiger partial charge in [-0.2, -0.15) is 0 Å². The second-order valence-electron chi connectivity index (χ2n) is 6.07. The van der Waals surface area contributed by atoms with Crippen LogP contribution in [-0.2, 0) is 9.47 Å². The van der Waals surface area contributed by atoms with E-state index >= 15 is 0 Å². The summed E-state index contributed by atoms with van der Waals surface area (Å²) >= 11 is 6.08. The lowest BCUT2D eigenvalue weighted by molar-refractivity contribution is -0.00143. The fourth-order valence-electron chi connectivity index (χ4n) is 2.11. The number of nitrogens with one attached hydrogen (secondary N) is 1. The third-order valence-corrected chi connectivity index (χ3v) is 3.62. The molecule has 0 aliphatic heterocycles. The molecule has 1 N–H and O–H groups in total. The zero-order valence-electron chi connectivity index (χ0n) is 13.0. The number of rotatable bonds is 10. The Morgan fingerprint density at radius 2 is 2.10 bits per heavy atom. The zero-order chi connectivity index (χ0) is 15.1. The molecule has 1 unspecified atom stereocenters. The van der Waals surface area contributed by atoms with Crippen LogP contribution in [0, 0.1) is 5.92 Å². The van der Waals surface area contributed by atoms with E-state index in [1.165, 1.54) is 12.8 Å². The summed E-state index contributed by atoms with van der Waals surface area (Å²) in [4.78, 5) is 0. The van der Waals surface area contributed by atoms with Gasteiger partial charge in [-0.05, 0) is 36.5 Å². The highest BCUT2D eigenvalue weighted by atomic mass is 35.5. The Hall–Kier alpha value is -0.610. The van der Waals surface area contributed by atoms with E-state index in [1.807, 2.05) is 18.2 Å². The van der Waals surface area contributed by atoms with Gasteiger partial charge in [0, 0.05) is 24.2 Å². The summed E-state index contributed by atoms with van der Waals surface area (Å²) in [5.41, 5.74) is 1.12. The van der Waals surface area contributed by atoms with Crippen molar-refractivity contribution in [3.05, 3.63) is 34.9 Å². The van der Waals surface area contributed by atoms with Crippen molar-refractivity contribution in [3.8, 4) is 0 Å². The van der Waals surface area contributed by atoms with E-state index in [0.29, 0.717) is 25.2 Å². The van der Waals surface area contributed by atoms with Crippen molar-refractivity contribution in [1.82, 2.24) is 5.32 Å². The van der Waals surface area contributed by atoms with Gasteiger partial charge in [0.2, 0.25) is 0 Å². The largest absolute Gasteiger partial charge is 0.379 e. The molecule has 0 radical (unpaired) electrons. The van der Waals surface area contributed by atoms with E-state index < -0.39 is 0 Å². The quantitative estimate of drug-likeness (QED) is 0.666. The second-order valence-corrected chi connectivity index (χ2v) is 6.50. The summed E-state index contributed by atoms with van der Waals surface area (Å²) in [6.45, 7) is 7.15. The summed E-state index contributed by atoms with van der Waals surface area (Å²) < 4.78 is 11.6. The average molecular weight is 312 g/mol. The molecule has 0 amide bonds. The average Bonchev–Trinajstić information content (AvgIpc) is 3.25. The Balaban J connectivity index is 1.80. The van der Waals surface area contributed by atoms with Crippen molar-refractivity contribution in [1.29, 1.82) is 0 Å². The first-order valence-corrected chi connectivity index (χ1v) is 8.21. The second kappa shape index (κ2) is 8.74. The minimum Gasteiger partial charge on any atom is -0.379 e. The molecule has 1 saturated carbocycles. The van der Waals surface area contributed by atoms with E-state index in [2.05, 4.69) is 25.2 Å². The van der Waals surface area contributed by atoms with Gasteiger partial charge >= 0.3 is 0 Å². The first kappa shape index (κ1) is 16.8. The number of hydrogen-bond donors (Lipinski definition) is 1. The van der Waals surface area contributed by atoms with Gasteiger partial charge in [0.25, 0.3) is 0 Å². The third kappa shape index (κ3) is 6.79. The van der Waals surface area contributed by atoms with Gasteiger partial charge in [-0.15, -0.1) is 0 Å². The maximum absolute atomic E-state index is 6.08. The fourth-order valence-corrected chi connectivity index (χ4v) is 2.31. The molecular formula is C17H26ClNO2. The van der Waals surface area contributed by atoms with Crippen LogP contribution in [0.4, 0.5) is 0 Å². The first-order chi connectivity index (χ1) is 10.1. The monoisotopic (exact) mass is 311 g/mol. The maximum Gasteiger partial charge on any atom is 0.0950 e. The Morgan fingerprint density at radius 1 is 1.29 bits per heavy atom. The molecule has 1 aliphatic carbocycles. The predicted molar refractivity (Wildman–Crippen MR) is 86.8 cm³/mol. The standard InChI is InChI=1S/C17H26ClNO2/c1-13(2)12-20-8-9-21-17(11-19-16-6-7-16)14-4-3-5-15(18)10-14/h3-5,10,13,16-17,19H,6-9,11-12H2,1-2H3. The molecule has 118 valence electrons. The van der Waals surface area contributed by atoms with E-state index in [9.17, 15) is 0 Å². The lowest BCUT2D eigenvalue weighted by atomic mass is 10.1. The topological polar surface area (TPSA) is 30.5 Å². The number of benzene rings is 1. The number of ether oxygens (including phenoxy) is 2. The van der Waals surface area contributed by atoms with Gasteiger partial charge in [-0.3, -0.25) is 0 Å². The van der Waals surface area contributed by atoms with Gasteiger partial charge < -0.3 is 14.8 Å². The molecular weight excluding hydrogens is 286 g/mol. The molecule has 21 heavy (non-hydrogen) atoms. The van der Waals surface area contributed by atoms with Crippen molar-refractivity contribution >= 4 is 11.6 Å². The van der Waals surface area contributed by atoms with Crippen LogP contribution in [0.25, 0.3) is 0 Å². The van der Waals surface area contributed by atoms with Crippen molar-refractivity contribution in [3.63, 3.8) is 0 Å². The molecule has 0 heterocycles. The van der Waals surface area contributed by atoms with E-state index in [-0.39, 0.29) is 6.10 Å². The van der Waals surface area contributed by atoms with E-state index in [4.69, 9.17) is 21.1 Å². The highest BCUT2D eigenvalue weighted by Crippen LogP contribution is 2.23. The third-order valence-electron chi connectivity index (χ3n) is 3.39. The van der Waals surface area contributed by atoms with Gasteiger partial charge in [0.1, 0.15) is 0 Å². The summed E-state index contributed by atoms with van der Waals surface area (Å²) in [5, 5.41) is 4.28. The molecule has 4 heteroatoms. The Kier molecular flexibility index (Phi) is 6.97. The van der Waals surface area contributed by atoms with Crippen molar-refractivity contribution in [2.24, 2.45) is 5.92 Å². The molecule has 0 spiro atoms. The molecule has 0 saturated heterocycles. The smallest absolute Gasteiger partial charge is 0.0950 e. The normalized spacial score (nSPS) is 16.4. The van der Waals surface area contributed by atoms with E-state index in [0.717, 1.165) is 23.7 Å². The molecule has 1 fully saturated rings. The van der Waals surface area contributed by atoms with Crippen LogP contribution in [0.15, 0.2) is 24.3 Å². The summed E-state index contributed by atoms with van der Waals surface area (Å²) in [5.74, 6) is 0.560. The Bertz CT molecular complexity index is 421. The molecule has 1 atom stereocenters.